The molecule has 2 unspecified atom stereocenters. The first-order valence-electron chi connectivity index (χ1n) is 5.78. The SMILES string of the molecule is CCCC(C)NCC(C)c1nc(C)cs1. The molecule has 0 spiro atoms. The van der Waals surface area contributed by atoms with Gasteiger partial charge in [-0.05, 0) is 20.3 Å². The van der Waals surface area contributed by atoms with E-state index in [1.807, 2.05) is 0 Å². The van der Waals surface area contributed by atoms with Crippen molar-refractivity contribution in [2.24, 2.45) is 0 Å². The number of nitrogens with zero attached hydrogens (tertiary/aromatic N) is 1. The van der Waals surface area contributed by atoms with Crippen LogP contribution in [0, 0.1) is 6.92 Å². The molecule has 1 aromatic rings. The molecule has 0 aliphatic carbocycles. The lowest BCUT2D eigenvalue weighted by atomic mass is 10.1. The van der Waals surface area contributed by atoms with Crippen molar-refractivity contribution < 1.29 is 0 Å². The van der Waals surface area contributed by atoms with Crippen LogP contribution in [0.1, 0.15) is 50.2 Å². The second-order valence-electron chi connectivity index (χ2n) is 4.33. The highest BCUT2D eigenvalue weighted by Crippen LogP contribution is 2.19. The molecule has 0 saturated heterocycles. The van der Waals surface area contributed by atoms with E-state index in [4.69, 9.17) is 0 Å². The molecule has 3 heteroatoms. The molecule has 1 N–H and O–H groups in total. The van der Waals surface area contributed by atoms with Crippen LogP contribution in [0.4, 0.5) is 0 Å². The van der Waals surface area contributed by atoms with Gasteiger partial charge in [-0.15, -0.1) is 11.3 Å². The molecule has 0 amide bonds. The highest BCUT2D eigenvalue weighted by Gasteiger charge is 2.10. The van der Waals surface area contributed by atoms with E-state index in [9.17, 15) is 0 Å². The van der Waals surface area contributed by atoms with Crippen molar-refractivity contribution in [2.75, 3.05) is 6.54 Å². The number of hydrogen-bond acceptors (Lipinski definition) is 3. The third kappa shape index (κ3) is 4.31. The minimum absolute atomic E-state index is 0.531. The van der Waals surface area contributed by atoms with Crippen LogP contribution >= 0.6 is 11.3 Å². The second kappa shape index (κ2) is 6.23. The smallest absolute Gasteiger partial charge is 0.0969 e. The summed E-state index contributed by atoms with van der Waals surface area (Å²) in [6.45, 7) is 9.81. The van der Waals surface area contributed by atoms with Gasteiger partial charge in [-0.3, -0.25) is 0 Å². The van der Waals surface area contributed by atoms with Crippen LogP contribution in [0.2, 0.25) is 0 Å². The van der Waals surface area contributed by atoms with Crippen molar-refractivity contribution in [2.45, 2.75) is 52.5 Å². The molecule has 0 aliphatic heterocycles. The average Bonchev–Trinajstić information content (AvgIpc) is 2.62. The number of aromatic nitrogens is 1. The fourth-order valence-corrected chi connectivity index (χ4v) is 2.46. The molecule has 0 saturated carbocycles. The summed E-state index contributed by atoms with van der Waals surface area (Å²) in [4.78, 5) is 4.51. The van der Waals surface area contributed by atoms with Crippen LogP contribution in [0.15, 0.2) is 5.38 Å². The molecular formula is C12H22N2S. The van der Waals surface area contributed by atoms with Crippen LogP contribution in [-0.4, -0.2) is 17.6 Å². The predicted molar refractivity (Wildman–Crippen MR) is 67.6 cm³/mol. The Morgan fingerprint density at radius 1 is 1.47 bits per heavy atom. The van der Waals surface area contributed by atoms with Crippen LogP contribution in [-0.2, 0) is 0 Å². The highest BCUT2D eigenvalue weighted by atomic mass is 32.1. The molecule has 1 heterocycles. The summed E-state index contributed by atoms with van der Waals surface area (Å²) in [6, 6.07) is 0.624. The largest absolute Gasteiger partial charge is 0.314 e. The molecule has 0 fully saturated rings. The summed E-state index contributed by atoms with van der Waals surface area (Å²) in [7, 11) is 0. The third-order valence-electron chi connectivity index (χ3n) is 2.55. The van der Waals surface area contributed by atoms with Crippen molar-refractivity contribution in [1.82, 2.24) is 10.3 Å². The fourth-order valence-electron chi connectivity index (χ4n) is 1.60. The molecular weight excluding hydrogens is 204 g/mol. The molecule has 2 nitrogen and oxygen atoms in total. The second-order valence-corrected chi connectivity index (χ2v) is 5.22. The van der Waals surface area contributed by atoms with Gasteiger partial charge < -0.3 is 5.32 Å². The zero-order valence-electron chi connectivity index (χ0n) is 10.2. The Morgan fingerprint density at radius 2 is 2.20 bits per heavy atom. The first-order valence-corrected chi connectivity index (χ1v) is 6.66. The van der Waals surface area contributed by atoms with Gasteiger partial charge in [0.25, 0.3) is 0 Å². The Morgan fingerprint density at radius 3 is 2.73 bits per heavy atom. The molecule has 0 radical (unpaired) electrons. The topological polar surface area (TPSA) is 24.9 Å². The van der Waals surface area contributed by atoms with E-state index < -0.39 is 0 Å². The van der Waals surface area contributed by atoms with E-state index in [-0.39, 0.29) is 0 Å². The zero-order chi connectivity index (χ0) is 11.3. The van der Waals surface area contributed by atoms with E-state index in [0.717, 1.165) is 12.2 Å². The molecule has 0 bridgehead atoms. The molecule has 0 aromatic carbocycles. The minimum atomic E-state index is 0.531. The molecule has 1 rings (SSSR count). The Kier molecular flexibility index (Phi) is 5.26. The van der Waals surface area contributed by atoms with Gasteiger partial charge in [0, 0.05) is 29.6 Å². The predicted octanol–water partition coefficient (Wildman–Crippen LogP) is 3.33. The normalized spacial score (nSPS) is 15.2. The molecule has 15 heavy (non-hydrogen) atoms. The van der Waals surface area contributed by atoms with Crippen LogP contribution in [0.25, 0.3) is 0 Å². The van der Waals surface area contributed by atoms with Gasteiger partial charge in [0.1, 0.15) is 0 Å². The van der Waals surface area contributed by atoms with Crippen molar-refractivity contribution in [1.29, 1.82) is 0 Å². The first kappa shape index (κ1) is 12.7. The Hall–Kier alpha value is -0.410. The van der Waals surface area contributed by atoms with E-state index in [1.54, 1.807) is 11.3 Å². The number of rotatable bonds is 6. The summed E-state index contributed by atoms with van der Waals surface area (Å²) in [5.41, 5.74) is 1.14. The Balaban J connectivity index is 2.33. The number of thiazole rings is 1. The Bertz CT molecular complexity index is 283. The maximum Gasteiger partial charge on any atom is 0.0969 e. The number of aryl methyl sites for hydroxylation is 1. The maximum absolute atomic E-state index is 4.51. The van der Waals surface area contributed by atoms with E-state index >= 15 is 0 Å². The summed E-state index contributed by atoms with van der Waals surface area (Å²) in [6.07, 6.45) is 2.50. The van der Waals surface area contributed by atoms with Gasteiger partial charge in [0.2, 0.25) is 0 Å². The lowest BCUT2D eigenvalue weighted by molar-refractivity contribution is 0.487. The number of hydrogen-bond donors (Lipinski definition) is 1. The van der Waals surface area contributed by atoms with E-state index in [2.05, 4.69) is 43.4 Å². The number of nitrogens with one attached hydrogen (secondary N) is 1. The van der Waals surface area contributed by atoms with Gasteiger partial charge in [0.05, 0.1) is 5.01 Å². The monoisotopic (exact) mass is 226 g/mol. The van der Waals surface area contributed by atoms with Crippen LogP contribution < -0.4 is 5.32 Å². The van der Waals surface area contributed by atoms with Crippen molar-refractivity contribution in [3.63, 3.8) is 0 Å². The lowest BCUT2D eigenvalue weighted by Gasteiger charge is -2.15. The quantitative estimate of drug-likeness (QED) is 0.805. The summed E-state index contributed by atoms with van der Waals surface area (Å²) < 4.78 is 0. The Labute approximate surface area is 97.1 Å². The van der Waals surface area contributed by atoms with Gasteiger partial charge in [-0.2, -0.15) is 0 Å². The molecule has 2 atom stereocenters. The zero-order valence-corrected chi connectivity index (χ0v) is 11.0. The minimum Gasteiger partial charge on any atom is -0.314 e. The maximum atomic E-state index is 4.51. The third-order valence-corrected chi connectivity index (χ3v) is 3.75. The van der Waals surface area contributed by atoms with Crippen molar-refractivity contribution >= 4 is 11.3 Å². The van der Waals surface area contributed by atoms with E-state index in [1.165, 1.54) is 17.8 Å². The molecule has 86 valence electrons. The summed E-state index contributed by atoms with van der Waals surface area (Å²) in [5, 5.41) is 6.94. The van der Waals surface area contributed by atoms with Crippen LogP contribution in [0.3, 0.4) is 0 Å². The van der Waals surface area contributed by atoms with Gasteiger partial charge in [-0.25, -0.2) is 4.98 Å². The van der Waals surface area contributed by atoms with Crippen LogP contribution in [0.5, 0.6) is 0 Å². The van der Waals surface area contributed by atoms with Gasteiger partial charge in [-0.1, -0.05) is 20.3 Å². The summed E-state index contributed by atoms with van der Waals surface area (Å²) >= 11 is 1.77. The highest BCUT2D eigenvalue weighted by molar-refractivity contribution is 7.09. The standard InChI is InChI=1S/C12H22N2S/c1-5-6-10(3)13-7-9(2)12-14-11(4)8-15-12/h8-10,13H,5-7H2,1-4H3. The van der Waals surface area contributed by atoms with Crippen molar-refractivity contribution in [3.8, 4) is 0 Å². The average molecular weight is 226 g/mol. The van der Waals surface area contributed by atoms with Gasteiger partial charge >= 0.3 is 0 Å². The fraction of sp³-hybridized carbons (Fsp3) is 0.750. The molecule has 0 aliphatic rings. The molecule has 1 aromatic heterocycles. The first-order chi connectivity index (χ1) is 7.13. The lowest BCUT2D eigenvalue weighted by Crippen LogP contribution is -2.29. The van der Waals surface area contributed by atoms with Gasteiger partial charge in [0.15, 0.2) is 0 Å². The van der Waals surface area contributed by atoms with Crippen molar-refractivity contribution in [3.05, 3.63) is 16.1 Å². The van der Waals surface area contributed by atoms with E-state index in [0.29, 0.717) is 12.0 Å². The summed E-state index contributed by atoms with van der Waals surface area (Å²) in [5.74, 6) is 0.531.